The third kappa shape index (κ3) is 3.08. The van der Waals surface area contributed by atoms with Crippen molar-refractivity contribution in [1.82, 2.24) is 5.43 Å². The number of amides is 1. The Labute approximate surface area is 149 Å². The second kappa shape index (κ2) is 6.41. The largest absolute Gasteiger partial charge is 0.392 e. The van der Waals surface area contributed by atoms with Crippen molar-refractivity contribution in [3.8, 4) is 0 Å². The predicted octanol–water partition coefficient (Wildman–Crippen LogP) is 4.78. The van der Waals surface area contributed by atoms with Crippen molar-refractivity contribution in [1.29, 1.82) is 0 Å². The summed E-state index contributed by atoms with van der Waals surface area (Å²) in [4.78, 5) is 12.4. The topological polar surface area (TPSA) is 41.5 Å². The summed E-state index contributed by atoms with van der Waals surface area (Å²) in [6.07, 6.45) is -1.06. The summed E-state index contributed by atoms with van der Waals surface area (Å²) in [5.41, 5.74) is 2.98. The number of nitrogens with one attached hydrogen (secondary N) is 1. The van der Waals surface area contributed by atoms with Gasteiger partial charge in [-0.2, -0.15) is 18.3 Å². The number of carbonyl (C=O) groups excluding carboxylic acids is 1. The summed E-state index contributed by atoms with van der Waals surface area (Å²) >= 11 is 0. The van der Waals surface area contributed by atoms with Crippen LogP contribution in [0, 0.1) is 23.7 Å². The quantitative estimate of drug-likeness (QED) is 0.621. The van der Waals surface area contributed by atoms with Crippen LogP contribution in [0.3, 0.4) is 0 Å². The van der Waals surface area contributed by atoms with E-state index in [4.69, 9.17) is 0 Å². The van der Waals surface area contributed by atoms with Gasteiger partial charge in [0.05, 0.1) is 5.92 Å². The molecular weight excluding hydrogens is 341 g/mol. The van der Waals surface area contributed by atoms with E-state index in [0.717, 1.165) is 17.2 Å². The number of hydrazone groups is 1. The molecule has 26 heavy (non-hydrogen) atoms. The van der Waals surface area contributed by atoms with Gasteiger partial charge in [-0.3, -0.25) is 4.79 Å². The fourth-order valence-electron chi connectivity index (χ4n) is 4.63. The number of hydrogen-bond acceptors (Lipinski definition) is 2. The van der Waals surface area contributed by atoms with E-state index in [1.807, 2.05) is 30.3 Å². The Kier molecular flexibility index (Phi) is 4.21. The molecule has 3 nitrogen and oxygen atoms in total. The molecule has 0 aromatic heterocycles. The molecule has 136 valence electrons. The van der Waals surface area contributed by atoms with Crippen molar-refractivity contribution in [2.45, 2.75) is 25.4 Å². The minimum atomic E-state index is -4.14. The molecule has 0 aliphatic heterocycles. The molecule has 0 radical (unpaired) electrons. The van der Waals surface area contributed by atoms with E-state index < -0.39 is 18.0 Å². The summed E-state index contributed by atoms with van der Waals surface area (Å²) < 4.78 is 39.3. The number of alkyl halides is 3. The number of benzene rings is 2. The van der Waals surface area contributed by atoms with Gasteiger partial charge in [0, 0.05) is 11.8 Å². The monoisotopic (exact) mass is 360 g/mol. The van der Waals surface area contributed by atoms with Crippen LogP contribution in [0.2, 0.25) is 0 Å². The molecule has 2 saturated carbocycles. The minimum absolute atomic E-state index is 0.122. The third-order valence-electron chi connectivity index (χ3n) is 5.75. The highest BCUT2D eigenvalue weighted by Gasteiger charge is 2.56. The maximum absolute atomic E-state index is 13.1. The second-order valence-corrected chi connectivity index (χ2v) is 7.29. The zero-order chi connectivity index (χ0) is 18.3. The Hall–Kier alpha value is -2.37. The highest BCUT2D eigenvalue weighted by molar-refractivity contribution is 6.07. The van der Waals surface area contributed by atoms with Crippen LogP contribution >= 0.6 is 0 Å². The lowest BCUT2D eigenvalue weighted by Crippen LogP contribution is -2.33. The normalized spacial score (nSPS) is 28.1. The number of nitrogens with zero attached hydrogens (tertiary/aromatic N) is 1. The molecule has 2 bridgehead atoms. The summed E-state index contributed by atoms with van der Waals surface area (Å²) in [5, 5.41) is 5.75. The Morgan fingerprint density at radius 2 is 1.85 bits per heavy atom. The first-order valence-electron chi connectivity index (χ1n) is 8.81. The van der Waals surface area contributed by atoms with Gasteiger partial charge in [0.2, 0.25) is 0 Å². The number of halogens is 3. The van der Waals surface area contributed by atoms with E-state index in [9.17, 15) is 18.0 Å². The lowest BCUT2D eigenvalue weighted by Gasteiger charge is -2.28. The smallest absolute Gasteiger partial charge is 0.267 e. The van der Waals surface area contributed by atoms with Gasteiger partial charge in [-0.05, 0) is 53.9 Å². The summed E-state index contributed by atoms with van der Waals surface area (Å²) in [6, 6.07) is 13.0. The van der Waals surface area contributed by atoms with Gasteiger partial charge in [0.15, 0.2) is 0 Å². The fraction of sp³-hybridized carbons (Fsp3) is 0.400. The van der Waals surface area contributed by atoms with Crippen molar-refractivity contribution >= 4 is 22.9 Å². The first-order valence-corrected chi connectivity index (χ1v) is 8.81. The van der Waals surface area contributed by atoms with E-state index in [2.05, 4.69) is 10.5 Å². The van der Waals surface area contributed by atoms with Crippen molar-refractivity contribution in [3.05, 3.63) is 48.0 Å². The average Bonchev–Trinajstić information content (AvgIpc) is 3.21. The van der Waals surface area contributed by atoms with E-state index in [1.165, 1.54) is 6.21 Å². The van der Waals surface area contributed by atoms with Crippen molar-refractivity contribution in [2.75, 3.05) is 0 Å². The van der Waals surface area contributed by atoms with E-state index in [-0.39, 0.29) is 24.2 Å². The summed E-state index contributed by atoms with van der Waals surface area (Å²) in [5.74, 6) is -2.08. The van der Waals surface area contributed by atoms with Crippen LogP contribution in [0.4, 0.5) is 13.2 Å². The van der Waals surface area contributed by atoms with Gasteiger partial charge in [-0.15, -0.1) is 0 Å². The van der Waals surface area contributed by atoms with E-state index in [1.54, 1.807) is 12.1 Å². The van der Waals surface area contributed by atoms with Gasteiger partial charge in [-0.25, -0.2) is 5.43 Å². The van der Waals surface area contributed by atoms with Gasteiger partial charge < -0.3 is 0 Å². The second-order valence-electron chi connectivity index (χ2n) is 7.29. The van der Waals surface area contributed by atoms with Gasteiger partial charge >= 0.3 is 6.18 Å². The zero-order valence-electron chi connectivity index (χ0n) is 14.0. The van der Waals surface area contributed by atoms with Gasteiger partial charge in [-0.1, -0.05) is 36.4 Å². The van der Waals surface area contributed by atoms with Crippen LogP contribution in [0.5, 0.6) is 0 Å². The summed E-state index contributed by atoms with van der Waals surface area (Å²) in [6.45, 7) is 0. The molecular formula is C20H19F3N2O. The molecule has 2 aromatic carbocycles. The molecule has 4 atom stereocenters. The van der Waals surface area contributed by atoms with E-state index >= 15 is 0 Å². The molecule has 2 aliphatic rings. The number of fused-ring (bicyclic) bond motifs is 3. The number of hydrogen-bond donors (Lipinski definition) is 1. The molecule has 2 fully saturated rings. The Morgan fingerprint density at radius 1 is 1.08 bits per heavy atom. The Morgan fingerprint density at radius 3 is 2.62 bits per heavy atom. The lowest BCUT2D eigenvalue weighted by molar-refractivity contribution is -0.189. The first-order chi connectivity index (χ1) is 12.4. The molecule has 0 heterocycles. The molecule has 1 amide bonds. The molecule has 1 N–H and O–H groups in total. The predicted molar refractivity (Wildman–Crippen MR) is 93.8 cm³/mol. The average molecular weight is 360 g/mol. The van der Waals surface area contributed by atoms with Gasteiger partial charge in [0.1, 0.15) is 0 Å². The highest BCUT2D eigenvalue weighted by Crippen LogP contribution is 2.56. The summed E-state index contributed by atoms with van der Waals surface area (Å²) in [7, 11) is 0. The molecule has 2 aromatic rings. The van der Waals surface area contributed by atoms with Crippen molar-refractivity contribution in [2.24, 2.45) is 28.8 Å². The Balaban J connectivity index is 1.45. The maximum atomic E-state index is 13.1. The number of rotatable bonds is 3. The highest BCUT2D eigenvalue weighted by atomic mass is 19.4. The van der Waals surface area contributed by atoms with Crippen LogP contribution in [0.25, 0.3) is 10.8 Å². The van der Waals surface area contributed by atoms with Gasteiger partial charge in [0.25, 0.3) is 5.91 Å². The minimum Gasteiger partial charge on any atom is -0.267 e. The molecule has 6 heteroatoms. The standard InChI is InChI=1S/C20H19F3N2O/c21-20(22,23)18-10-12-8-14(17(18)9-12)11-24-25-19(26)16-7-3-5-13-4-1-2-6-15(13)16/h1-7,11-12,14,17-18H,8-10H2,(H,25,26)/b24-11-/t12-,14-,17-,18-/m0/s1. The van der Waals surface area contributed by atoms with E-state index in [0.29, 0.717) is 12.0 Å². The van der Waals surface area contributed by atoms with Crippen LogP contribution in [-0.2, 0) is 0 Å². The van der Waals surface area contributed by atoms with Crippen molar-refractivity contribution in [3.63, 3.8) is 0 Å². The fourth-order valence-corrected chi connectivity index (χ4v) is 4.63. The van der Waals surface area contributed by atoms with Crippen LogP contribution < -0.4 is 5.43 Å². The van der Waals surface area contributed by atoms with Crippen LogP contribution in [0.15, 0.2) is 47.6 Å². The van der Waals surface area contributed by atoms with Crippen LogP contribution in [0.1, 0.15) is 29.6 Å². The lowest BCUT2D eigenvalue weighted by atomic mass is 9.81. The molecule has 2 aliphatic carbocycles. The SMILES string of the molecule is O=C(N/N=C\[C@@H]1C[C@H]2C[C@@H]1[C@@H](C(F)(F)F)C2)c1cccc2ccccc12. The zero-order valence-corrected chi connectivity index (χ0v) is 14.0. The van der Waals surface area contributed by atoms with Crippen LogP contribution in [-0.4, -0.2) is 18.3 Å². The van der Waals surface area contributed by atoms with Crippen molar-refractivity contribution < 1.29 is 18.0 Å². The third-order valence-corrected chi connectivity index (χ3v) is 5.75. The molecule has 0 unspecified atom stereocenters. The Bertz CT molecular complexity index is 856. The number of carbonyl (C=O) groups is 1. The molecule has 0 saturated heterocycles. The molecule has 0 spiro atoms. The first kappa shape index (κ1) is 17.1. The maximum Gasteiger partial charge on any atom is 0.392 e. The molecule has 4 rings (SSSR count).